The molecule has 3 heteroatoms. The highest BCUT2D eigenvalue weighted by atomic mass is 16.5. The van der Waals surface area contributed by atoms with Crippen molar-refractivity contribution in [3.05, 3.63) is 0 Å². The van der Waals surface area contributed by atoms with Gasteiger partial charge in [-0.15, -0.1) is 0 Å². The van der Waals surface area contributed by atoms with Crippen LogP contribution in [-0.2, 0) is 4.74 Å². The quantitative estimate of drug-likeness (QED) is 0.833. The smallest absolute Gasteiger partial charge is 0.0588 e. The number of nitrogens with one attached hydrogen (secondary N) is 1. The normalized spacial score (nSPS) is 36.5. The molecule has 2 unspecified atom stereocenters. The van der Waals surface area contributed by atoms with E-state index in [0.29, 0.717) is 17.7 Å². The lowest BCUT2D eigenvalue weighted by Crippen LogP contribution is -2.62. The summed E-state index contributed by atoms with van der Waals surface area (Å²) in [5, 5.41) is 3.83. The van der Waals surface area contributed by atoms with Crippen LogP contribution in [-0.4, -0.2) is 48.8 Å². The van der Waals surface area contributed by atoms with Gasteiger partial charge in [-0.05, 0) is 39.0 Å². The number of rotatable bonds is 3. The van der Waals surface area contributed by atoms with E-state index in [1.165, 1.54) is 64.6 Å². The van der Waals surface area contributed by atoms with Crippen molar-refractivity contribution in [1.82, 2.24) is 10.2 Å². The van der Waals surface area contributed by atoms with Crippen LogP contribution in [0, 0.1) is 0 Å². The Bertz CT molecular complexity index is 270. The van der Waals surface area contributed by atoms with E-state index in [4.69, 9.17) is 4.74 Å². The average Bonchev–Trinajstić information content (AvgIpc) is 3.03. The first-order valence-corrected chi connectivity index (χ1v) is 7.88. The Morgan fingerprint density at radius 1 is 1.28 bits per heavy atom. The van der Waals surface area contributed by atoms with Gasteiger partial charge in [0.15, 0.2) is 0 Å². The maximum atomic E-state index is 5.75. The van der Waals surface area contributed by atoms with Crippen molar-refractivity contribution in [3.63, 3.8) is 0 Å². The van der Waals surface area contributed by atoms with E-state index in [2.05, 4.69) is 17.1 Å². The molecular weight excluding hydrogens is 224 g/mol. The summed E-state index contributed by atoms with van der Waals surface area (Å²) in [4.78, 5) is 2.71. The van der Waals surface area contributed by atoms with Crippen LogP contribution in [0.3, 0.4) is 0 Å². The highest BCUT2D eigenvalue weighted by molar-refractivity contribution is 5.00. The Labute approximate surface area is 111 Å². The maximum Gasteiger partial charge on any atom is 0.0588 e. The third kappa shape index (κ3) is 2.73. The molecule has 2 aliphatic heterocycles. The van der Waals surface area contributed by atoms with Gasteiger partial charge in [0.05, 0.1) is 6.10 Å². The zero-order valence-electron chi connectivity index (χ0n) is 11.8. The summed E-state index contributed by atoms with van der Waals surface area (Å²) in [6.07, 6.45) is 9.94. The topological polar surface area (TPSA) is 24.5 Å². The highest BCUT2D eigenvalue weighted by Gasteiger charge is 2.39. The van der Waals surface area contributed by atoms with Crippen LogP contribution in [0.4, 0.5) is 0 Å². The first-order chi connectivity index (χ1) is 8.77. The van der Waals surface area contributed by atoms with Gasteiger partial charge < -0.3 is 10.1 Å². The molecular formula is C15H28N2O. The van der Waals surface area contributed by atoms with Gasteiger partial charge in [-0.1, -0.05) is 12.8 Å². The fourth-order valence-electron chi connectivity index (χ4n) is 3.96. The largest absolute Gasteiger partial charge is 0.378 e. The third-order valence-electron chi connectivity index (χ3n) is 5.22. The molecule has 0 aromatic rings. The van der Waals surface area contributed by atoms with Gasteiger partial charge in [0.25, 0.3) is 0 Å². The summed E-state index contributed by atoms with van der Waals surface area (Å²) < 4.78 is 5.75. The second-order valence-electron chi connectivity index (χ2n) is 6.61. The summed E-state index contributed by atoms with van der Waals surface area (Å²) >= 11 is 0. The van der Waals surface area contributed by atoms with E-state index >= 15 is 0 Å². The second kappa shape index (κ2) is 5.48. The standard InChI is InChI=1S/C15H28N2O/c1-13-11-16-15(7-2-3-8-15)12-17(13)9-6-14-5-4-10-18-14/h13-14,16H,2-12H2,1H3. The number of nitrogens with zero attached hydrogens (tertiary/aromatic N) is 1. The van der Waals surface area contributed by atoms with Gasteiger partial charge in [-0.25, -0.2) is 0 Å². The lowest BCUT2D eigenvalue weighted by Gasteiger charge is -2.45. The lowest BCUT2D eigenvalue weighted by atomic mass is 9.92. The molecule has 1 aliphatic carbocycles. The minimum atomic E-state index is 0.461. The minimum Gasteiger partial charge on any atom is -0.378 e. The average molecular weight is 252 g/mol. The zero-order chi connectivity index (χ0) is 12.4. The van der Waals surface area contributed by atoms with E-state index in [0.717, 1.165) is 6.61 Å². The van der Waals surface area contributed by atoms with Crippen LogP contribution in [0.2, 0.25) is 0 Å². The molecule has 2 atom stereocenters. The van der Waals surface area contributed by atoms with E-state index in [1.54, 1.807) is 0 Å². The lowest BCUT2D eigenvalue weighted by molar-refractivity contribution is 0.0556. The van der Waals surface area contributed by atoms with E-state index in [9.17, 15) is 0 Å². The first-order valence-electron chi connectivity index (χ1n) is 7.88. The molecule has 0 aromatic carbocycles. The molecule has 3 fully saturated rings. The van der Waals surface area contributed by atoms with Crippen molar-refractivity contribution in [1.29, 1.82) is 0 Å². The highest BCUT2D eigenvalue weighted by Crippen LogP contribution is 2.33. The van der Waals surface area contributed by atoms with Crippen LogP contribution in [0.5, 0.6) is 0 Å². The van der Waals surface area contributed by atoms with Crippen molar-refractivity contribution in [3.8, 4) is 0 Å². The Kier molecular flexibility index (Phi) is 3.92. The molecule has 2 heterocycles. The molecule has 1 spiro atoms. The fraction of sp³-hybridized carbons (Fsp3) is 1.00. The molecule has 1 saturated carbocycles. The van der Waals surface area contributed by atoms with Crippen LogP contribution in [0.15, 0.2) is 0 Å². The summed E-state index contributed by atoms with van der Waals surface area (Å²) in [6.45, 7) is 7.03. The first kappa shape index (κ1) is 12.9. The molecule has 3 rings (SSSR count). The zero-order valence-corrected chi connectivity index (χ0v) is 11.8. The van der Waals surface area contributed by atoms with Gasteiger partial charge in [0.1, 0.15) is 0 Å². The number of ether oxygens (including phenoxy) is 1. The minimum absolute atomic E-state index is 0.461. The molecule has 0 aromatic heterocycles. The maximum absolute atomic E-state index is 5.75. The SMILES string of the molecule is CC1CNC2(CCCC2)CN1CCC1CCCO1. The van der Waals surface area contributed by atoms with Crippen molar-refractivity contribution in [2.24, 2.45) is 0 Å². The van der Waals surface area contributed by atoms with Gasteiger partial charge in [0, 0.05) is 37.8 Å². The van der Waals surface area contributed by atoms with Gasteiger partial charge in [-0.3, -0.25) is 4.90 Å². The van der Waals surface area contributed by atoms with Crippen LogP contribution in [0.1, 0.15) is 51.9 Å². The Balaban J connectivity index is 1.52. The molecule has 0 bridgehead atoms. The number of hydrogen-bond acceptors (Lipinski definition) is 3. The second-order valence-corrected chi connectivity index (χ2v) is 6.61. The Morgan fingerprint density at radius 3 is 2.83 bits per heavy atom. The van der Waals surface area contributed by atoms with E-state index < -0.39 is 0 Å². The number of hydrogen-bond donors (Lipinski definition) is 1. The van der Waals surface area contributed by atoms with E-state index in [1.807, 2.05) is 0 Å². The van der Waals surface area contributed by atoms with Crippen molar-refractivity contribution in [2.75, 3.05) is 26.2 Å². The molecule has 1 N–H and O–H groups in total. The summed E-state index contributed by atoms with van der Waals surface area (Å²) in [7, 11) is 0. The van der Waals surface area contributed by atoms with Crippen LogP contribution in [0.25, 0.3) is 0 Å². The third-order valence-corrected chi connectivity index (χ3v) is 5.22. The Morgan fingerprint density at radius 2 is 2.11 bits per heavy atom. The van der Waals surface area contributed by atoms with Crippen LogP contribution >= 0.6 is 0 Å². The van der Waals surface area contributed by atoms with Gasteiger partial charge in [-0.2, -0.15) is 0 Å². The van der Waals surface area contributed by atoms with Gasteiger partial charge >= 0.3 is 0 Å². The molecule has 104 valence electrons. The number of piperazine rings is 1. The molecule has 18 heavy (non-hydrogen) atoms. The van der Waals surface area contributed by atoms with Crippen molar-refractivity contribution < 1.29 is 4.74 Å². The summed E-state index contributed by atoms with van der Waals surface area (Å²) in [5.41, 5.74) is 0.461. The molecule has 0 radical (unpaired) electrons. The molecule has 2 saturated heterocycles. The fourth-order valence-corrected chi connectivity index (χ4v) is 3.96. The monoisotopic (exact) mass is 252 g/mol. The van der Waals surface area contributed by atoms with Crippen LogP contribution < -0.4 is 5.32 Å². The van der Waals surface area contributed by atoms with Crippen molar-refractivity contribution in [2.45, 2.75) is 69.6 Å². The predicted octanol–water partition coefficient (Wildman–Crippen LogP) is 2.16. The Hall–Kier alpha value is -0.120. The summed E-state index contributed by atoms with van der Waals surface area (Å²) in [5.74, 6) is 0. The van der Waals surface area contributed by atoms with E-state index in [-0.39, 0.29) is 0 Å². The van der Waals surface area contributed by atoms with Gasteiger partial charge in [0.2, 0.25) is 0 Å². The predicted molar refractivity (Wildman–Crippen MR) is 73.8 cm³/mol. The molecule has 0 amide bonds. The molecule has 3 aliphatic rings. The van der Waals surface area contributed by atoms with Crippen molar-refractivity contribution >= 4 is 0 Å². The molecule has 3 nitrogen and oxygen atoms in total. The summed E-state index contributed by atoms with van der Waals surface area (Å²) in [6, 6.07) is 0.692.